The van der Waals surface area contributed by atoms with Gasteiger partial charge in [-0.3, -0.25) is 9.59 Å². The lowest BCUT2D eigenvalue weighted by Crippen LogP contribution is -2.51. The molecule has 3 N–H and O–H groups in total. The van der Waals surface area contributed by atoms with Crippen molar-refractivity contribution in [3.8, 4) is 0 Å². The fraction of sp³-hybridized carbons (Fsp3) is 0.545. The highest BCUT2D eigenvalue weighted by Crippen LogP contribution is 2.28. The first-order chi connectivity index (χ1) is 15.5. The minimum Gasteiger partial charge on any atom is -0.372 e. The zero-order chi connectivity index (χ0) is 24.2. The van der Waals surface area contributed by atoms with Gasteiger partial charge in [-0.2, -0.15) is 0 Å². The molecule has 182 valence electrons. The van der Waals surface area contributed by atoms with Gasteiger partial charge in [0.25, 0.3) is 11.8 Å². The summed E-state index contributed by atoms with van der Waals surface area (Å²) >= 11 is 5.80. The highest BCUT2D eigenvalue weighted by molar-refractivity contribution is 7.89. The molecule has 11 heteroatoms. The predicted octanol–water partition coefficient (Wildman–Crippen LogP) is 2.07. The number of hydrogen-bond acceptors (Lipinski definition) is 5. The second-order valence-electron chi connectivity index (χ2n) is 8.54. The van der Waals surface area contributed by atoms with Gasteiger partial charge in [0.2, 0.25) is 15.6 Å². The third-order valence-corrected chi connectivity index (χ3v) is 7.79. The minimum absolute atomic E-state index is 0.0520. The van der Waals surface area contributed by atoms with Crippen molar-refractivity contribution in [1.29, 1.82) is 0 Å². The summed E-state index contributed by atoms with van der Waals surface area (Å²) in [6, 6.07) is 3.77. The van der Waals surface area contributed by atoms with Crippen LogP contribution in [0.3, 0.4) is 0 Å². The molecule has 1 aliphatic carbocycles. The molecule has 1 aromatic carbocycles. The van der Waals surface area contributed by atoms with E-state index in [2.05, 4.69) is 10.0 Å². The van der Waals surface area contributed by atoms with Crippen LogP contribution in [0.1, 0.15) is 44.6 Å². The molecule has 33 heavy (non-hydrogen) atoms. The predicted molar refractivity (Wildman–Crippen MR) is 122 cm³/mol. The van der Waals surface area contributed by atoms with Gasteiger partial charge in [0, 0.05) is 36.8 Å². The van der Waals surface area contributed by atoms with E-state index >= 15 is 0 Å². The number of aliphatic hydroxyl groups is 1. The highest BCUT2D eigenvalue weighted by Gasteiger charge is 2.50. The van der Waals surface area contributed by atoms with Crippen molar-refractivity contribution in [1.82, 2.24) is 14.9 Å². The van der Waals surface area contributed by atoms with Crippen molar-refractivity contribution in [2.45, 2.75) is 57.2 Å². The number of allylic oxidation sites excluding steroid dienone is 1. The summed E-state index contributed by atoms with van der Waals surface area (Å²) in [5.74, 6) is -1.86. The number of benzene rings is 1. The quantitative estimate of drug-likeness (QED) is 0.472. The van der Waals surface area contributed by atoms with Crippen LogP contribution in [0.4, 0.5) is 4.39 Å². The fourth-order valence-corrected chi connectivity index (χ4v) is 5.27. The second-order valence-corrected chi connectivity index (χ2v) is 11.0. The molecule has 1 unspecified atom stereocenters. The van der Waals surface area contributed by atoms with Gasteiger partial charge in [-0.05, 0) is 62.3 Å². The number of amides is 2. The van der Waals surface area contributed by atoms with Crippen LogP contribution in [0.5, 0.6) is 0 Å². The zero-order valence-corrected chi connectivity index (χ0v) is 20.0. The van der Waals surface area contributed by atoms with Gasteiger partial charge in [-0.15, -0.1) is 0 Å². The van der Waals surface area contributed by atoms with E-state index < -0.39 is 33.3 Å². The van der Waals surface area contributed by atoms with E-state index in [-0.39, 0.29) is 42.2 Å². The molecule has 1 saturated carbocycles. The molecule has 0 bridgehead atoms. The Morgan fingerprint density at radius 1 is 1.30 bits per heavy atom. The first kappa shape index (κ1) is 25.6. The normalized spacial score (nSPS) is 26.2. The van der Waals surface area contributed by atoms with Crippen LogP contribution < -0.4 is 10.0 Å². The average Bonchev–Trinajstić information content (AvgIpc) is 3.06. The molecular weight excluding hydrogens is 473 g/mol. The number of nitrogens with one attached hydrogen (secondary N) is 2. The molecule has 0 radical (unpaired) electrons. The van der Waals surface area contributed by atoms with Crippen LogP contribution in [-0.4, -0.2) is 54.2 Å². The number of nitrogens with zero attached hydrogens (tertiary/aromatic N) is 1. The van der Waals surface area contributed by atoms with Crippen LogP contribution in [0, 0.1) is 11.7 Å². The summed E-state index contributed by atoms with van der Waals surface area (Å²) in [5, 5.41) is 13.3. The molecule has 0 aromatic heterocycles. The number of halogens is 2. The number of likely N-dealkylation sites (tertiary alicyclic amines) is 1. The van der Waals surface area contributed by atoms with E-state index in [0.717, 1.165) is 18.9 Å². The van der Waals surface area contributed by atoms with Gasteiger partial charge >= 0.3 is 0 Å². The monoisotopic (exact) mass is 501 g/mol. The Balaban J connectivity index is 1.51. The van der Waals surface area contributed by atoms with Gasteiger partial charge in [0.05, 0.1) is 5.75 Å². The van der Waals surface area contributed by atoms with E-state index in [0.29, 0.717) is 18.4 Å². The van der Waals surface area contributed by atoms with Crippen molar-refractivity contribution in [3.05, 3.63) is 46.9 Å². The van der Waals surface area contributed by atoms with Crippen molar-refractivity contribution < 1.29 is 27.5 Å². The maximum absolute atomic E-state index is 13.4. The third-order valence-electron chi connectivity index (χ3n) is 6.12. The van der Waals surface area contributed by atoms with Crippen molar-refractivity contribution in [3.63, 3.8) is 0 Å². The van der Waals surface area contributed by atoms with E-state index in [1.165, 1.54) is 17.0 Å². The Hall–Kier alpha value is -2.01. The number of sulfonamides is 1. The lowest BCUT2D eigenvalue weighted by atomic mass is 9.86. The Morgan fingerprint density at radius 3 is 2.64 bits per heavy atom. The molecule has 1 atom stereocenters. The maximum atomic E-state index is 13.4. The van der Waals surface area contributed by atoms with Crippen LogP contribution in [0.25, 0.3) is 0 Å². The van der Waals surface area contributed by atoms with E-state index in [9.17, 15) is 27.5 Å². The summed E-state index contributed by atoms with van der Waals surface area (Å²) in [6.07, 6.45) is 6.38. The number of hydrogen-bond donors (Lipinski definition) is 3. The third kappa shape index (κ3) is 6.53. The van der Waals surface area contributed by atoms with Crippen LogP contribution in [-0.2, 0) is 26.2 Å². The van der Waals surface area contributed by atoms with Crippen LogP contribution in [0.2, 0.25) is 5.02 Å². The molecule has 1 heterocycles. The summed E-state index contributed by atoms with van der Waals surface area (Å²) in [5.41, 5.74) is -1.77. The zero-order valence-electron chi connectivity index (χ0n) is 18.4. The van der Waals surface area contributed by atoms with Crippen LogP contribution in [0.15, 0.2) is 30.5 Å². The highest BCUT2D eigenvalue weighted by atomic mass is 35.5. The van der Waals surface area contributed by atoms with E-state index in [1.54, 1.807) is 13.1 Å². The summed E-state index contributed by atoms with van der Waals surface area (Å²) in [6.45, 7) is 1.71. The second kappa shape index (κ2) is 10.5. The molecular formula is C22H29ClFN3O5S. The molecule has 3 rings (SSSR count). The lowest BCUT2D eigenvalue weighted by molar-refractivity contribution is -0.153. The van der Waals surface area contributed by atoms with Crippen molar-refractivity contribution >= 4 is 33.4 Å². The van der Waals surface area contributed by atoms with Gasteiger partial charge in [0.15, 0.2) is 0 Å². The Labute approximate surface area is 198 Å². The maximum Gasteiger partial charge on any atom is 0.268 e. The molecule has 0 spiro atoms. The van der Waals surface area contributed by atoms with Gasteiger partial charge < -0.3 is 15.3 Å². The van der Waals surface area contributed by atoms with Crippen LogP contribution >= 0.6 is 11.6 Å². The van der Waals surface area contributed by atoms with Gasteiger partial charge in [0.1, 0.15) is 5.82 Å². The number of carbonyl (C=O) groups excluding carboxylic acids is 2. The standard InChI is InChI=1S/C22H29ClFN3O5S/c1-2-33(31,32)26-19-5-3-15(4-6-19)7-9-27-10-8-22(30,21(27)29)20(28)25-14-16-11-17(23)13-18(24)12-16/h7,9,11-13,15,19,26,30H,2-6,8,10,14H2,1H3,(H,25,28)/b9-7+. The SMILES string of the molecule is CCS(=O)(=O)NC1CCC(/C=C/N2CCC(O)(C(=O)NCc3cc(F)cc(Cl)c3)C2=O)CC1. The summed E-state index contributed by atoms with van der Waals surface area (Å²) in [7, 11) is -3.23. The Kier molecular flexibility index (Phi) is 8.15. The largest absolute Gasteiger partial charge is 0.372 e. The Bertz CT molecular complexity index is 1010. The molecule has 1 aromatic rings. The van der Waals surface area contributed by atoms with Crippen molar-refractivity contribution in [2.24, 2.45) is 5.92 Å². The molecule has 1 saturated heterocycles. The average molecular weight is 502 g/mol. The summed E-state index contributed by atoms with van der Waals surface area (Å²) in [4.78, 5) is 26.6. The summed E-state index contributed by atoms with van der Waals surface area (Å²) < 4.78 is 39.6. The molecule has 8 nitrogen and oxygen atoms in total. The van der Waals surface area contributed by atoms with Crippen molar-refractivity contribution in [2.75, 3.05) is 12.3 Å². The van der Waals surface area contributed by atoms with Gasteiger partial charge in [-0.25, -0.2) is 17.5 Å². The first-order valence-electron chi connectivity index (χ1n) is 11.0. The van der Waals surface area contributed by atoms with Gasteiger partial charge in [-0.1, -0.05) is 17.7 Å². The van der Waals surface area contributed by atoms with E-state index in [1.807, 2.05) is 6.08 Å². The molecule has 2 fully saturated rings. The minimum atomic E-state index is -3.23. The lowest BCUT2D eigenvalue weighted by Gasteiger charge is -2.27. The fourth-order valence-electron chi connectivity index (χ4n) is 4.12. The molecule has 2 amide bonds. The number of carbonyl (C=O) groups is 2. The molecule has 2 aliphatic rings. The molecule has 1 aliphatic heterocycles. The topological polar surface area (TPSA) is 116 Å². The Morgan fingerprint density at radius 2 is 2.00 bits per heavy atom. The first-order valence-corrected chi connectivity index (χ1v) is 13.0. The van der Waals surface area contributed by atoms with E-state index in [4.69, 9.17) is 11.6 Å². The number of rotatable bonds is 8. The smallest absolute Gasteiger partial charge is 0.268 e.